The lowest BCUT2D eigenvalue weighted by Crippen LogP contribution is -2.64. The fraction of sp³-hybridized carbons (Fsp3) is 0.987. The summed E-state index contributed by atoms with van der Waals surface area (Å²) in [6.45, 7) is 0.390. The number of carbonyl (C=O) groups is 1. The highest BCUT2D eigenvalue weighted by Gasteiger charge is 2.60. The summed E-state index contributed by atoms with van der Waals surface area (Å²) in [5, 5.41) is 233. The molecule has 0 saturated carbocycles. The van der Waals surface area contributed by atoms with Crippen molar-refractivity contribution in [1.82, 2.24) is 5.32 Å². The van der Waals surface area contributed by atoms with Crippen molar-refractivity contribution in [3.63, 3.8) is 0 Å². The van der Waals surface area contributed by atoms with Gasteiger partial charge in [-0.05, 0) is 18.8 Å². The zero-order valence-corrected chi connectivity index (χ0v) is 65.2. The largest absolute Gasteiger partial charge is 0.394 e. The highest BCUT2D eigenvalue weighted by molar-refractivity contribution is 5.80. The predicted molar refractivity (Wildman–Crippen MR) is 390 cm³/mol. The van der Waals surface area contributed by atoms with Crippen molar-refractivity contribution in [3.8, 4) is 0 Å². The van der Waals surface area contributed by atoms with Gasteiger partial charge >= 0.3 is 0 Å². The SMILES string of the molecule is CCCCCCCCCCCCCCCCCCCCCC[C@@H](O)C(=O)N[C@@H](CO[C@@H]1O[C@H](CO[C@H]2OC[C@H](O)[C@H](O)[C@H]2O[C@H]2O[C@H](CO)[C@H](O)[C@H](O[C@@H]3O[C@@H]([C@@H](O)CO)[C@H](O[C@H]4O[C@@H]([C@@H](O)CO)[C@H](O)[C@H]4O)[C@H]3O[C@H]3O[C@@H]([C@H](O)CO)[C@H](O)[C@H]3O)[C@H]2O)[C@@H](O)[C@H](O)[C@H]1O)[C@H](O)[C@H](O)CCCCCCCCCC(C)CC. The molecule has 6 aliphatic heterocycles. The average Bonchev–Trinajstić information content (AvgIpc) is 1.72. The number of nitrogens with one attached hydrogen (secondary N) is 1. The fourth-order valence-electron chi connectivity index (χ4n) is 15.1. The Morgan fingerprint density at radius 1 is 0.396 bits per heavy atom. The minimum absolute atomic E-state index is 0.108. The van der Waals surface area contributed by atoms with Crippen LogP contribution in [0.4, 0.5) is 0 Å². The minimum atomic E-state index is -2.30. The number of unbranched alkanes of at least 4 members (excludes halogenated alkanes) is 25. The molecule has 6 rings (SSSR count). The molecule has 6 heterocycles. The van der Waals surface area contributed by atoms with E-state index in [0.29, 0.717) is 18.8 Å². The van der Waals surface area contributed by atoms with Gasteiger partial charge in [-0.1, -0.05) is 207 Å². The number of rotatable bonds is 57. The standard InChI is InChI=1S/C76H141NO34/c1-4-6-7-8-9-10-11-12-13-14-15-16-17-18-19-20-21-24-28-31-34-45(83)70(99)77-43(52(88)44(82)33-30-27-25-22-23-26-29-32-42(3)5-2)39-100-71-59(95)56(92)54(90)51(104-71)41-102-75-67(53(89)49(87)40-101-75)109-74-62(98)66(55(91)50(38-81)103-74)108-76-69(111-73-61(97)58(94)64(106-73)47(85)36-79)68(65(107-76)48(86)37-80)110-72-60(96)57(93)63(105-72)46(84)35-78/h42-69,71-76,78-98H,4-41H2,1-3H3,(H,77,99)/t42?,43-,44+,45+,46-,47+,48-,49-,50+,51+,52-,53-,54+,55-,56-,57+,58+,59+,60+,61+,62+,63-,64-,65-,66-,67+,68-,69+,71+,72+,73+,74+,75+,76-/m0/s1. The summed E-state index contributed by atoms with van der Waals surface area (Å²) in [7, 11) is 0. The maximum Gasteiger partial charge on any atom is 0.249 e. The Kier molecular flexibility index (Phi) is 46.1. The van der Waals surface area contributed by atoms with Crippen LogP contribution in [0.15, 0.2) is 0 Å². The lowest BCUT2D eigenvalue weighted by Gasteiger charge is -2.46. The van der Waals surface area contributed by atoms with Gasteiger partial charge in [-0.2, -0.15) is 0 Å². The van der Waals surface area contributed by atoms with Crippen LogP contribution in [0, 0.1) is 5.92 Å². The van der Waals surface area contributed by atoms with Crippen LogP contribution in [0.1, 0.15) is 220 Å². The molecule has 0 aliphatic carbocycles. The van der Waals surface area contributed by atoms with Crippen LogP contribution in [0.3, 0.4) is 0 Å². The number of hydrogen-bond donors (Lipinski definition) is 22. The molecule has 0 aromatic heterocycles. The van der Waals surface area contributed by atoms with Crippen molar-refractivity contribution in [1.29, 1.82) is 0 Å². The summed E-state index contributed by atoms with van der Waals surface area (Å²) >= 11 is 0. The first-order chi connectivity index (χ1) is 53.3. The number of aliphatic hydroxyl groups is 21. The Morgan fingerprint density at radius 3 is 1.32 bits per heavy atom. The second-order valence-corrected chi connectivity index (χ2v) is 31.4. The molecule has 35 heteroatoms. The topological polar surface area (TPSA) is 565 Å². The first-order valence-corrected chi connectivity index (χ1v) is 41.3. The average molecular weight is 1610 g/mol. The lowest BCUT2D eigenvalue weighted by atomic mass is 9.97. The molecule has 654 valence electrons. The van der Waals surface area contributed by atoms with E-state index in [1.54, 1.807) is 0 Å². The third kappa shape index (κ3) is 30.1. The molecule has 0 aromatic carbocycles. The molecule has 22 N–H and O–H groups in total. The minimum Gasteiger partial charge on any atom is -0.394 e. The molecule has 6 aliphatic rings. The van der Waals surface area contributed by atoms with Crippen LogP contribution in [-0.4, -0.2) is 362 Å². The lowest BCUT2D eigenvalue weighted by molar-refractivity contribution is -0.374. The first-order valence-electron chi connectivity index (χ1n) is 41.3. The molecule has 34 atom stereocenters. The van der Waals surface area contributed by atoms with E-state index >= 15 is 0 Å². The summed E-state index contributed by atoms with van der Waals surface area (Å²) in [5.41, 5.74) is 0. The van der Waals surface area contributed by atoms with Crippen LogP contribution in [-0.2, 0) is 61.6 Å². The van der Waals surface area contributed by atoms with E-state index in [0.717, 1.165) is 77.0 Å². The van der Waals surface area contributed by atoms with Crippen molar-refractivity contribution in [3.05, 3.63) is 0 Å². The van der Waals surface area contributed by atoms with Gasteiger partial charge in [0.25, 0.3) is 0 Å². The second-order valence-electron chi connectivity index (χ2n) is 31.4. The fourth-order valence-corrected chi connectivity index (χ4v) is 15.1. The van der Waals surface area contributed by atoms with Gasteiger partial charge in [0.2, 0.25) is 5.91 Å². The zero-order valence-electron chi connectivity index (χ0n) is 65.2. The van der Waals surface area contributed by atoms with Crippen LogP contribution in [0.2, 0.25) is 0 Å². The number of hydrogen-bond acceptors (Lipinski definition) is 34. The van der Waals surface area contributed by atoms with Crippen LogP contribution in [0.25, 0.3) is 0 Å². The van der Waals surface area contributed by atoms with Gasteiger partial charge in [-0.15, -0.1) is 0 Å². The Bertz CT molecular complexity index is 2430. The third-order valence-electron chi connectivity index (χ3n) is 22.5. The van der Waals surface area contributed by atoms with E-state index in [2.05, 4.69) is 26.1 Å². The van der Waals surface area contributed by atoms with Gasteiger partial charge in [0.15, 0.2) is 37.7 Å². The molecule has 6 fully saturated rings. The number of amides is 1. The van der Waals surface area contributed by atoms with Gasteiger partial charge < -0.3 is 169 Å². The normalized spacial score (nSPS) is 36.3. The van der Waals surface area contributed by atoms with Gasteiger partial charge in [0.05, 0.1) is 58.4 Å². The zero-order chi connectivity index (χ0) is 81.3. The van der Waals surface area contributed by atoms with E-state index in [1.807, 2.05) is 0 Å². The summed E-state index contributed by atoms with van der Waals surface area (Å²) < 4.78 is 70.6. The van der Waals surface area contributed by atoms with Gasteiger partial charge in [0.1, 0.15) is 153 Å². The van der Waals surface area contributed by atoms with E-state index in [4.69, 9.17) is 56.8 Å². The maximum absolute atomic E-state index is 13.7. The molecule has 111 heavy (non-hydrogen) atoms. The Balaban J connectivity index is 1.09. The van der Waals surface area contributed by atoms with Gasteiger partial charge in [-0.3, -0.25) is 4.79 Å². The first kappa shape index (κ1) is 98.0. The third-order valence-corrected chi connectivity index (χ3v) is 22.5. The second kappa shape index (κ2) is 52.3. The summed E-state index contributed by atoms with van der Waals surface area (Å²) in [6, 6.07) is -1.43. The highest BCUT2D eigenvalue weighted by Crippen LogP contribution is 2.40. The summed E-state index contributed by atoms with van der Waals surface area (Å²) in [6.07, 6.45) is -28.2. The van der Waals surface area contributed by atoms with Crippen molar-refractivity contribution in [2.24, 2.45) is 5.92 Å². The molecule has 0 radical (unpaired) electrons. The molecular weight excluding hydrogens is 1470 g/mol. The van der Waals surface area contributed by atoms with Crippen molar-refractivity contribution < 1.29 is 169 Å². The molecule has 6 saturated heterocycles. The molecule has 35 nitrogen and oxygen atoms in total. The number of aliphatic hydroxyl groups excluding tert-OH is 21. The van der Waals surface area contributed by atoms with Crippen LogP contribution in [0.5, 0.6) is 0 Å². The summed E-state index contributed by atoms with van der Waals surface area (Å²) in [5.74, 6) is -0.175. The Labute approximate surface area is 652 Å². The van der Waals surface area contributed by atoms with Gasteiger partial charge in [0, 0.05) is 0 Å². The maximum atomic E-state index is 13.7. The van der Waals surface area contributed by atoms with E-state index in [1.165, 1.54) is 96.3 Å². The van der Waals surface area contributed by atoms with E-state index in [9.17, 15) is 112 Å². The van der Waals surface area contributed by atoms with Crippen LogP contribution < -0.4 is 5.32 Å². The number of carbonyl (C=O) groups excluding carboxylic acids is 1. The molecule has 1 amide bonds. The Morgan fingerprint density at radius 2 is 0.820 bits per heavy atom. The smallest absolute Gasteiger partial charge is 0.249 e. The molecular formula is C76H141NO34. The molecule has 0 aromatic rings. The van der Waals surface area contributed by atoms with Crippen LogP contribution >= 0.6 is 0 Å². The molecule has 1 unspecified atom stereocenters. The van der Waals surface area contributed by atoms with Crippen molar-refractivity contribution in [2.75, 3.05) is 46.2 Å². The van der Waals surface area contributed by atoms with Crippen molar-refractivity contribution >= 4 is 5.91 Å². The molecule has 0 bridgehead atoms. The predicted octanol–water partition coefficient (Wildman–Crippen LogP) is -2.10. The monoisotopic (exact) mass is 1610 g/mol. The van der Waals surface area contributed by atoms with E-state index in [-0.39, 0.29) is 12.8 Å². The highest BCUT2D eigenvalue weighted by atomic mass is 16.8. The Hall–Kier alpha value is -1.85. The summed E-state index contributed by atoms with van der Waals surface area (Å²) in [4.78, 5) is 13.7. The number of ether oxygens (including phenoxy) is 12. The quantitative estimate of drug-likeness (QED) is 0.0290. The molecule has 0 spiro atoms. The van der Waals surface area contributed by atoms with Crippen molar-refractivity contribution in [2.45, 2.75) is 422 Å². The van der Waals surface area contributed by atoms with E-state index < -0.39 is 255 Å². The van der Waals surface area contributed by atoms with Gasteiger partial charge in [-0.25, -0.2) is 0 Å².